The van der Waals surface area contributed by atoms with Crippen LogP contribution in [0.15, 0.2) is 48.5 Å². The van der Waals surface area contributed by atoms with Crippen molar-refractivity contribution in [2.45, 2.75) is 31.7 Å². The average Bonchev–Trinajstić information content (AvgIpc) is 3.26. The Bertz CT molecular complexity index is 1030. The smallest absolute Gasteiger partial charge is 0.253 e. The van der Waals surface area contributed by atoms with Gasteiger partial charge in [0.1, 0.15) is 6.04 Å². The van der Waals surface area contributed by atoms with Gasteiger partial charge in [0.25, 0.3) is 5.91 Å². The van der Waals surface area contributed by atoms with Crippen LogP contribution in [0.5, 0.6) is 0 Å². The highest BCUT2D eigenvalue weighted by atomic mass is 35.5. The fraction of sp³-hybridized carbons (Fsp3) is 0.333. The van der Waals surface area contributed by atoms with Crippen molar-refractivity contribution in [3.05, 3.63) is 69.7 Å². The Morgan fingerprint density at radius 3 is 2.61 bits per heavy atom. The average molecular weight is 458 g/mol. The molecule has 0 aromatic heterocycles. The molecule has 31 heavy (non-hydrogen) atoms. The SMILES string of the molecule is CN1C(=O)C(NC(=O)CCc2ccc(Cl)cc2Cl)C=C(N2CCCC2)c2ccccc21. The fourth-order valence-electron chi connectivity index (χ4n) is 4.18. The van der Waals surface area contributed by atoms with Crippen molar-refractivity contribution in [2.75, 3.05) is 25.0 Å². The van der Waals surface area contributed by atoms with E-state index in [2.05, 4.69) is 10.2 Å². The number of benzene rings is 2. The maximum Gasteiger partial charge on any atom is 0.253 e. The van der Waals surface area contributed by atoms with E-state index in [0.717, 1.165) is 48.4 Å². The molecule has 0 saturated carbocycles. The highest BCUT2D eigenvalue weighted by Gasteiger charge is 2.31. The second-order valence-electron chi connectivity index (χ2n) is 7.94. The molecule has 162 valence electrons. The third-order valence-electron chi connectivity index (χ3n) is 5.86. The molecule has 1 N–H and O–H groups in total. The van der Waals surface area contributed by atoms with Gasteiger partial charge in [0.2, 0.25) is 5.91 Å². The summed E-state index contributed by atoms with van der Waals surface area (Å²) in [7, 11) is 1.76. The molecule has 1 unspecified atom stereocenters. The molecule has 0 bridgehead atoms. The van der Waals surface area contributed by atoms with E-state index in [1.54, 1.807) is 24.1 Å². The molecule has 7 heteroatoms. The van der Waals surface area contributed by atoms with E-state index in [9.17, 15) is 9.59 Å². The number of halogens is 2. The first-order chi connectivity index (χ1) is 14.9. The van der Waals surface area contributed by atoms with Gasteiger partial charge >= 0.3 is 0 Å². The zero-order chi connectivity index (χ0) is 22.0. The Morgan fingerprint density at radius 1 is 1.13 bits per heavy atom. The van der Waals surface area contributed by atoms with Crippen molar-refractivity contribution in [2.24, 2.45) is 0 Å². The standard InChI is InChI=1S/C24H25Cl2N3O2/c1-28-21-7-3-2-6-18(21)22(29-12-4-5-13-29)15-20(24(28)31)27-23(30)11-9-16-8-10-17(25)14-19(16)26/h2-3,6-8,10,14-15,20H,4-5,9,11-13H2,1H3,(H,27,30). The first kappa shape index (κ1) is 21.7. The van der Waals surface area contributed by atoms with Crippen LogP contribution < -0.4 is 10.2 Å². The minimum absolute atomic E-state index is 0.153. The zero-order valence-electron chi connectivity index (χ0n) is 17.4. The van der Waals surface area contributed by atoms with Crippen molar-refractivity contribution in [3.8, 4) is 0 Å². The number of anilines is 1. The van der Waals surface area contributed by atoms with Crippen molar-refractivity contribution in [1.82, 2.24) is 10.2 Å². The summed E-state index contributed by atoms with van der Waals surface area (Å²) < 4.78 is 0. The molecule has 5 nitrogen and oxygen atoms in total. The predicted octanol–water partition coefficient (Wildman–Crippen LogP) is 4.52. The molecular formula is C24H25Cl2N3O2. The maximum absolute atomic E-state index is 13.2. The lowest BCUT2D eigenvalue weighted by molar-refractivity contribution is -0.126. The van der Waals surface area contributed by atoms with Gasteiger partial charge < -0.3 is 15.1 Å². The Balaban J connectivity index is 1.54. The molecular weight excluding hydrogens is 433 g/mol. The number of hydrogen-bond donors (Lipinski definition) is 1. The molecule has 2 aliphatic heterocycles. The van der Waals surface area contributed by atoms with Crippen molar-refractivity contribution in [3.63, 3.8) is 0 Å². The summed E-state index contributed by atoms with van der Waals surface area (Å²) in [6.07, 6.45) is 4.86. The highest BCUT2D eigenvalue weighted by molar-refractivity contribution is 6.35. The molecule has 4 rings (SSSR count). The second-order valence-corrected chi connectivity index (χ2v) is 8.79. The van der Waals surface area contributed by atoms with E-state index in [1.807, 2.05) is 36.4 Å². The number of carbonyl (C=O) groups is 2. The molecule has 2 aliphatic rings. The molecule has 2 heterocycles. The summed E-state index contributed by atoms with van der Waals surface area (Å²) in [6, 6.07) is 12.4. The van der Waals surface area contributed by atoms with E-state index in [-0.39, 0.29) is 18.2 Å². The minimum Gasteiger partial charge on any atom is -0.371 e. The molecule has 1 fully saturated rings. The van der Waals surface area contributed by atoms with Gasteiger partial charge in [-0.15, -0.1) is 0 Å². The number of likely N-dealkylation sites (N-methyl/N-ethyl adjacent to an activating group) is 1. The summed E-state index contributed by atoms with van der Waals surface area (Å²) in [5.74, 6) is -0.347. The van der Waals surface area contributed by atoms with Gasteiger partial charge in [-0.05, 0) is 49.1 Å². The Morgan fingerprint density at radius 2 is 1.87 bits per heavy atom. The van der Waals surface area contributed by atoms with Gasteiger partial charge in [-0.1, -0.05) is 47.5 Å². The first-order valence-corrected chi connectivity index (χ1v) is 11.3. The van der Waals surface area contributed by atoms with Gasteiger partial charge in [0.05, 0.1) is 5.69 Å². The van der Waals surface area contributed by atoms with Crippen molar-refractivity contribution >= 4 is 46.4 Å². The van der Waals surface area contributed by atoms with Crippen LogP contribution in [0.2, 0.25) is 10.0 Å². The van der Waals surface area contributed by atoms with Crippen LogP contribution >= 0.6 is 23.2 Å². The van der Waals surface area contributed by atoms with E-state index in [4.69, 9.17) is 23.2 Å². The van der Waals surface area contributed by atoms with Crippen LogP contribution in [0.4, 0.5) is 5.69 Å². The summed E-state index contributed by atoms with van der Waals surface area (Å²) in [5, 5.41) is 4.02. The maximum atomic E-state index is 13.2. The number of nitrogens with zero attached hydrogens (tertiary/aromatic N) is 2. The number of likely N-dealkylation sites (tertiary alicyclic amines) is 1. The third kappa shape index (κ3) is 4.73. The minimum atomic E-state index is -0.721. The largest absolute Gasteiger partial charge is 0.371 e. The molecule has 0 aliphatic carbocycles. The van der Waals surface area contributed by atoms with Crippen LogP contribution in [0.3, 0.4) is 0 Å². The lowest BCUT2D eigenvalue weighted by Gasteiger charge is -2.24. The number of para-hydroxylation sites is 1. The van der Waals surface area contributed by atoms with E-state index < -0.39 is 6.04 Å². The van der Waals surface area contributed by atoms with Crippen molar-refractivity contribution in [1.29, 1.82) is 0 Å². The molecule has 2 aromatic rings. The van der Waals surface area contributed by atoms with Gasteiger partial charge in [-0.2, -0.15) is 0 Å². The first-order valence-electron chi connectivity index (χ1n) is 10.5. The van der Waals surface area contributed by atoms with E-state index >= 15 is 0 Å². The zero-order valence-corrected chi connectivity index (χ0v) is 18.9. The Labute approximate surface area is 192 Å². The van der Waals surface area contributed by atoms with Gasteiger partial charge in [-0.25, -0.2) is 0 Å². The van der Waals surface area contributed by atoms with Crippen LogP contribution in [-0.2, 0) is 16.0 Å². The van der Waals surface area contributed by atoms with Crippen LogP contribution in [0.1, 0.15) is 30.4 Å². The van der Waals surface area contributed by atoms with Gasteiger partial charge in [-0.3, -0.25) is 9.59 Å². The summed E-state index contributed by atoms with van der Waals surface area (Å²) >= 11 is 12.2. The number of nitrogens with one attached hydrogen (secondary N) is 1. The van der Waals surface area contributed by atoms with E-state index in [0.29, 0.717) is 16.5 Å². The molecule has 2 aromatic carbocycles. The number of hydrogen-bond acceptors (Lipinski definition) is 3. The highest BCUT2D eigenvalue weighted by Crippen LogP contribution is 2.34. The number of rotatable bonds is 5. The monoisotopic (exact) mass is 457 g/mol. The summed E-state index contributed by atoms with van der Waals surface area (Å²) in [4.78, 5) is 29.9. The van der Waals surface area contributed by atoms with E-state index in [1.165, 1.54) is 0 Å². The summed E-state index contributed by atoms with van der Waals surface area (Å²) in [6.45, 7) is 1.90. The Kier molecular flexibility index (Phi) is 6.54. The number of aryl methyl sites for hydroxylation is 1. The molecule has 1 saturated heterocycles. The molecule has 1 atom stereocenters. The van der Waals surface area contributed by atoms with Gasteiger partial charge in [0, 0.05) is 47.9 Å². The number of fused-ring (bicyclic) bond motifs is 1. The molecule has 0 spiro atoms. The second kappa shape index (κ2) is 9.33. The quantitative estimate of drug-likeness (QED) is 0.717. The fourth-order valence-corrected chi connectivity index (χ4v) is 4.69. The van der Waals surface area contributed by atoms with Crippen LogP contribution in [0, 0.1) is 0 Å². The predicted molar refractivity (Wildman–Crippen MR) is 125 cm³/mol. The lowest BCUT2D eigenvalue weighted by Crippen LogP contribution is -2.46. The topological polar surface area (TPSA) is 52.7 Å². The van der Waals surface area contributed by atoms with Crippen LogP contribution in [-0.4, -0.2) is 42.9 Å². The number of carbonyl (C=O) groups excluding carboxylic acids is 2. The molecule has 2 amide bonds. The van der Waals surface area contributed by atoms with Gasteiger partial charge in [0.15, 0.2) is 0 Å². The summed E-state index contributed by atoms with van der Waals surface area (Å²) in [5.41, 5.74) is 3.74. The number of amides is 2. The third-order valence-corrected chi connectivity index (χ3v) is 6.45. The van der Waals surface area contributed by atoms with Crippen molar-refractivity contribution < 1.29 is 9.59 Å². The molecule has 0 radical (unpaired) electrons. The van der Waals surface area contributed by atoms with Crippen LogP contribution in [0.25, 0.3) is 5.70 Å². The Hall–Kier alpha value is -2.50. The normalized spacial score (nSPS) is 18.5. The lowest BCUT2D eigenvalue weighted by atomic mass is 10.1.